The highest BCUT2D eigenvalue weighted by molar-refractivity contribution is 5.80. The standard InChI is InChI=1S/C20H23N7O/c1-14(27-11-4-8-22-27)20(28)26-12-7-16-17(13-26)23-18(24-19(16)25(2)3)15-5-9-21-10-6-15/h4-6,8-11,14H,7,12-13H2,1-3H3/t14-/m1/s1. The molecule has 4 heterocycles. The van der Waals surface area contributed by atoms with Gasteiger partial charge in [-0.3, -0.25) is 14.5 Å². The summed E-state index contributed by atoms with van der Waals surface area (Å²) >= 11 is 0. The molecule has 0 bridgehead atoms. The molecule has 1 aliphatic rings. The smallest absolute Gasteiger partial charge is 0.247 e. The van der Waals surface area contributed by atoms with Gasteiger partial charge in [0, 0.05) is 56.6 Å². The third kappa shape index (κ3) is 3.33. The minimum absolute atomic E-state index is 0.0461. The number of carbonyl (C=O) groups is 1. The second kappa shape index (κ2) is 7.38. The number of carbonyl (C=O) groups excluding carboxylic acids is 1. The van der Waals surface area contributed by atoms with Gasteiger partial charge in [0.25, 0.3) is 0 Å². The monoisotopic (exact) mass is 377 g/mol. The molecule has 3 aromatic heterocycles. The van der Waals surface area contributed by atoms with Crippen molar-refractivity contribution in [3.63, 3.8) is 0 Å². The Bertz CT molecular complexity index is 970. The van der Waals surface area contributed by atoms with Crippen LogP contribution in [-0.4, -0.2) is 56.2 Å². The van der Waals surface area contributed by atoms with Crippen molar-refractivity contribution in [3.8, 4) is 11.4 Å². The zero-order chi connectivity index (χ0) is 19.7. The third-order valence-electron chi connectivity index (χ3n) is 5.00. The summed E-state index contributed by atoms with van der Waals surface area (Å²) < 4.78 is 1.69. The maximum absolute atomic E-state index is 13.0. The summed E-state index contributed by atoms with van der Waals surface area (Å²) in [5, 5.41) is 4.20. The van der Waals surface area contributed by atoms with E-state index in [4.69, 9.17) is 9.97 Å². The van der Waals surface area contributed by atoms with Crippen LogP contribution in [0, 0.1) is 0 Å². The zero-order valence-electron chi connectivity index (χ0n) is 16.3. The third-order valence-corrected chi connectivity index (χ3v) is 5.00. The zero-order valence-corrected chi connectivity index (χ0v) is 16.3. The van der Waals surface area contributed by atoms with E-state index in [1.807, 2.05) is 55.2 Å². The number of hydrogen-bond donors (Lipinski definition) is 0. The van der Waals surface area contributed by atoms with E-state index in [-0.39, 0.29) is 11.9 Å². The van der Waals surface area contributed by atoms with Crippen LogP contribution in [0.5, 0.6) is 0 Å². The summed E-state index contributed by atoms with van der Waals surface area (Å²) in [6.45, 7) is 3.00. The van der Waals surface area contributed by atoms with E-state index in [0.717, 1.165) is 29.1 Å². The normalized spacial score (nSPS) is 14.5. The molecule has 1 amide bonds. The predicted octanol–water partition coefficient (Wildman–Crippen LogP) is 1.95. The Morgan fingerprint density at radius 3 is 2.64 bits per heavy atom. The molecular formula is C20H23N7O. The van der Waals surface area contributed by atoms with Gasteiger partial charge in [-0.2, -0.15) is 5.10 Å². The summed E-state index contributed by atoms with van der Waals surface area (Å²) in [5.41, 5.74) is 2.92. The molecule has 0 fully saturated rings. The highest BCUT2D eigenvalue weighted by atomic mass is 16.2. The highest BCUT2D eigenvalue weighted by Gasteiger charge is 2.29. The van der Waals surface area contributed by atoms with Crippen LogP contribution < -0.4 is 4.90 Å². The largest absolute Gasteiger partial charge is 0.362 e. The summed E-state index contributed by atoms with van der Waals surface area (Å²) in [5.74, 6) is 1.60. The lowest BCUT2D eigenvalue weighted by molar-refractivity contribution is -0.135. The SMILES string of the molecule is C[C@H](C(=O)N1CCc2c(nc(-c3ccncc3)nc2N(C)C)C1)n1cccn1. The van der Waals surface area contributed by atoms with Crippen LogP contribution in [0.15, 0.2) is 43.0 Å². The van der Waals surface area contributed by atoms with E-state index in [1.54, 1.807) is 23.3 Å². The molecule has 1 atom stereocenters. The number of anilines is 1. The molecule has 28 heavy (non-hydrogen) atoms. The van der Waals surface area contributed by atoms with Crippen LogP contribution in [0.4, 0.5) is 5.82 Å². The molecule has 4 rings (SSSR count). The number of rotatable bonds is 4. The number of pyridine rings is 1. The first-order valence-corrected chi connectivity index (χ1v) is 9.30. The first-order valence-electron chi connectivity index (χ1n) is 9.30. The van der Waals surface area contributed by atoms with Crippen LogP contribution in [0.1, 0.15) is 24.2 Å². The summed E-state index contributed by atoms with van der Waals surface area (Å²) in [6, 6.07) is 5.28. The van der Waals surface area contributed by atoms with Crippen molar-refractivity contribution < 1.29 is 4.79 Å². The molecule has 0 spiro atoms. The van der Waals surface area contributed by atoms with E-state index in [2.05, 4.69) is 10.1 Å². The molecule has 0 unspecified atom stereocenters. The lowest BCUT2D eigenvalue weighted by Crippen LogP contribution is -2.41. The first kappa shape index (κ1) is 18.1. The molecule has 144 valence electrons. The van der Waals surface area contributed by atoms with Gasteiger partial charge in [-0.1, -0.05) is 0 Å². The van der Waals surface area contributed by atoms with Crippen molar-refractivity contribution in [3.05, 3.63) is 54.2 Å². The van der Waals surface area contributed by atoms with Crippen LogP contribution in [0.2, 0.25) is 0 Å². The maximum Gasteiger partial charge on any atom is 0.247 e. The van der Waals surface area contributed by atoms with Gasteiger partial charge in [0.2, 0.25) is 5.91 Å². The molecule has 1 aliphatic heterocycles. The summed E-state index contributed by atoms with van der Waals surface area (Å²) in [7, 11) is 3.96. The molecule has 0 N–H and O–H groups in total. The van der Waals surface area contributed by atoms with Crippen LogP contribution in [-0.2, 0) is 17.8 Å². The van der Waals surface area contributed by atoms with Gasteiger partial charge in [0.1, 0.15) is 11.9 Å². The molecule has 8 nitrogen and oxygen atoms in total. The quantitative estimate of drug-likeness (QED) is 0.691. The van der Waals surface area contributed by atoms with E-state index < -0.39 is 0 Å². The minimum Gasteiger partial charge on any atom is -0.362 e. The van der Waals surface area contributed by atoms with Crippen molar-refractivity contribution in [2.24, 2.45) is 0 Å². The van der Waals surface area contributed by atoms with E-state index >= 15 is 0 Å². The fraction of sp³-hybridized carbons (Fsp3) is 0.350. The molecule has 0 radical (unpaired) electrons. The first-order chi connectivity index (χ1) is 13.5. The summed E-state index contributed by atoms with van der Waals surface area (Å²) in [4.78, 5) is 30.5. The average molecular weight is 377 g/mol. The molecule has 0 aromatic carbocycles. The number of aromatic nitrogens is 5. The summed E-state index contributed by atoms with van der Waals surface area (Å²) in [6.07, 6.45) is 7.70. The second-order valence-corrected chi connectivity index (χ2v) is 7.10. The van der Waals surface area contributed by atoms with E-state index in [9.17, 15) is 4.79 Å². The Balaban J connectivity index is 1.67. The van der Waals surface area contributed by atoms with Crippen molar-refractivity contribution in [1.29, 1.82) is 0 Å². The predicted molar refractivity (Wildman–Crippen MR) is 106 cm³/mol. The number of amides is 1. The molecular weight excluding hydrogens is 354 g/mol. The lowest BCUT2D eigenvalue weighted by Gasteiger charge is -2.32. The second-order valence-electron chi connectivity index (χ2n) is 7.10. The Kier molecular flexibility index (Phi) is 4.77. The van der Waals surface area contributed by atoms with Gasteiger partial charge < -0.3 is 9.80 Å². The van der Waals surface area contributed by atoms with Crippen molar-refractivity contribution in [1.82, 2.24) is 29.6 Å². The van der Waals surface area contributed by atoms with Gasteiger partial charge in [-0.05, 0) is 31.5 Å². The van der Waals surface area contributed by atoms with Gasteiger partial charge in [0.15, 0.2) is 5.82 Å². The minimum atomic E-state index is -0.341. The molecule has 8 heteroatoms. The average Bonchev–Trinajstić information content (AvgIpc) is 3.26. The van der Waals surface area contributed by atoms with Crippen molar-refractivity contribution in [2.75, 3.05) is 25.5 Å². The maximum atomic E-state index is 13.0. The fourth-order valence-corrected chi connectivity index (χ4v) is 3.49. The Labute approximate surface area is 163 Å². The van der Waals surface area contributed by atoms with E-state index in [0.29, 0.717) is 18.9 Å². The molecule has 0 saturated heterocycles. The number of hydrogen-bond acceptors (Lipinski definition) is 6. The molecule has 0 saturated carbocycles. The topological polar surface area (TPSA) is 80.0 Å². The van der Waals surface area contributed by atoms with Gasteiger partial charge >= 0.3 is 0 Å². The molecule has 3 aromatic rings. The Hall–Kier alpha value is -3.29. The van der Waals surface area contributed by atoms with Crippen molar-refractivity contribution >= 4 is 11.7 Å². The lowest BCUT2D eigenvalue weighted by atomic mass is 10.0. The number of nitrogens with zero attached hydrogens (tertiary/aromatic N) is 7. The number of fused-ring (bicyclic) bond motifs is 1. The van der Waals surface area contributed by atoms with Gasteiger partial charge in [-0.25, -0.2) is 9.97 Å². The van der Waals surface area contributed by atoms with Gasteiger partial charge in [0.05, 0.1) is 12.2 Å². The Morgan fingerprint density at radius 2 is 1.96 bits per heavy atom. The van der Waals surface area contributed by atoms with E-state index in [1.165, 1.54) is 0 Å². The van der Waals surface area contributed by atoms with Crippen LogP contribution in [0.3, 0.4) is 0 Å². The van der Waals surface area contributed by atoms with Crippen LogP contribution in [0.25, 0.3) is 11.4 Å². The van der Waals surface area contributed by atoms with Gasteiger partial charge in [-0.15, -0.1) is 0 Å². The van der Waals surface area contributed by atoms with Crippen molar-refractivity contribution in [2.45, 2.75) is 25.9 Å². The Morgan fingerprint density at radius 1 is 1.18 bits per heavy atom. The van der Waals surface area contributed by atoms with Crippen LogP contribution >= 0.6 is 0 Å². The molecule has 0 aliphatic carbocycles. The highest BCUT2D eigenvalue weighted by Crippen LogP contribution is 2.29. The fourth-order valence-electron chi connectivity index (χ4n) is 3.49.